The van der Waals surface area contributed by atoms with E-state index in [0.29, 0.717) is 0 Å². The lowest BCUT2D eigenvalue weighted by Crippen LogP contribution is -2.59. The monoisotopic (exact) mass is 235 g/mol. The zero-order valence-corrected chi connectivity index (χ0v) is 11.3. The second-order valence-corrected chi connectivity index (χ2v) is 6.15. The lowest BCUT2D eigenvalue weighted by atomic mass is 9.63. The number of hydrogen-bond donors (Lipinski definition) is 1. The lowest BCUT2D eigenvalue weighted by molar-refractivity contribution is -0.00373. The summed E-state index contributed by atoms with van der Waals surface area (Å²) >= 11 is 0. The SMILES string of the molecule is CC1(C)CCCCC1(C#N)N1CCCNCC1. The van der Waals surface area contributed by atoms with Crippen molar-refractivity contribution in [2.75, 3.05) is 26.2 Å². The van der Waals surface area contributed by atoms with Crippen molar-refractivity contribution in [1.29, 1.82) is 5.26 Å². The highest BCUT2D eigenvalue weighted by atomic mass is 15.2. The molecule has 1 aliphatic carbocycles. The summed E-state index contributed by atoms with van der Waals surface area (Å²) in [7, 11) is 0. The highest BCUT2D eigenvalue weighted by Crippen LogP contribution is 2.47. The predicted molar refractivity (Wildman–Crippen MR) is 69.7 cm³/mol. The van der Waals surface area contributed by atoms with E-state index in [1.165, 1.54) is 25.7 Å². The minimum atomic E-state index is -0.225. The van der Waals surface area contributed by atoms with Crippen molar-refractivity contribution in [1.82, 2.24) is 10.2 Å². The smallest absolute Gasteiger partial charge is 0.114 e. The molecule has 3 nitrogen and oxygen atoms in total. The average molecular weight is 235 g/mol. The Morgan fingerprint density at radius 1 is 1.06 bits per heavy atom. The molecular formula is C14H25N3. The quantitative estimate of drug-likeness (QED) is 0.757. The highest BCUT2D eigenvalue weighted by Gasteiger charge is 2.50. The Balaban J connectivity index is 2.25. The van der Waals surface area contributed by atoms with Gasteiger partial charge in [0.1, 0.15) is 5.54 Å². The minimum Gasteiger partial charge on any atom is -0.315 e. The summed E-state index contributed by atoms with van der Waals surface area (Å²) in [5, 5.41) is 13.2. The average Bonchev–Trinajstić information content (AvgIpc) is 2.58. The zero-order chi connectivity index (χ0) is 12.4. The molecule has 0 amide bonds. The molecule has 1 saturated carbocycles. The first kappa shape index (κ1) is 12.9. The van der Waals surface area contributed by atoms with Gasteiger partial charge in [0.2, 0.25) is 0 Å². The zero-order valence-electron chi connectivity index (χ0n) is 11.3. The van der Waals surface area contributed by atoms with Gasteiger partial charge in [0.25, 0.3) is 0 Å². The van der Waals surface area contributed by atoms with Gasteiger partial charge >= 0.3 is 0 Å². The molecule has 0 aromatic rings. The second kappa shape index (κ2) is 4.96. The van der Waals surface area contributed by atoms with E-state index in [1.807, 2.05) is 0 Å². The maximum atomic E-state index is 9.81. The van der Waals surface area contributed by atoms with E-state index in [0.717, 1.165) is 32.6 Å². The molecule has 2 fully saturated rings. The molecule has 0 aromatic carbocycles. The number of rotatable bonds is 1. The highest BCUT2D eigenvalue weighted by molar-refractivity contribution is 5.17. The third-order valence-electron chi connectivity index (χ3n) is 4.77. The fourth-order valence-corrected chi connectivity index (χ4v) is 3.58. The molecule has 0 aromatic heterocycles. The van der Waals surface area contributed by atoms with Crippen LogP contribution in [-0.4, -0.2) is 36.6 Å². The molecular weight excluding hydrogens is 210 g/mol. The fourth-order valence-electron chi connectivity index (χ4n) is 3.58. The van der Waals surface area contributed by atoms with Gasteiger partial charge in [-0.3, -0.25) is 4.90 Å². The van der Waals surface area contributed by atoms with Crippen LogP contribution in [0.15, 0.2) is 0 Å². The third-order valence-corrected chi connectivity index (χ3v) is 4.77. The maximum absolute atomic E-state index is 9.81. The van der Waals surface area contributed by atoms with Crippen LogP contribution in [-0.2, 0) is 0 Å². The van der Waals surface area contributed by atoms with Crippen LogP contribution >= 0.6 is 0 Å². The molecule has 96 valence electrons. The predicted octanol–water partition coefficient (Wildman–Crippen LogP) is 2.14. The molecule has 3 heteroatoms. The fraction of sp³-hybridized carbons (Fsp3) is 0.929. The number of hydrogen-bond acceptors (Lipinski definition) is 3. The van der Waals surface area contributed by atoms with Crippen molar-refractivity contribution < 1.29 is 0 Å². The van der Waals surface area contributed by atoms with Gasteiger partial charge in [0.05, 0.1) is 6.07 Å². The second-order valence-electron chi connectivity index (χ2n) is 6.15. The van der Waals surface area contributed by atoms with Crippen LogP contribution in [0.5, 0.6) is 0 Å². The first-order valence-electron chi connectivity index (χ1n) is 6.99. The van der Waals surface area contributed by atoms with Crippen molar-refractivity contribution in [2.24, 2.45) is 5.41 Å². The Labute approximate surface area is 105 Å². The van der Waals surface area contributed by atoms with E-state index in [2.05, 4.69) is 30.1 Å². The molecule has 0 spiro atoms. The van der Waals surface area contributed by atoms with Crippen LogP contribution in [0.4, 0.5) is 0 Å². The molecule has 1 heterocycles. The van der Waals surface area contributed by atoms with Gasteiger partial charge in [-0.05, 0) is 31.2 Å². The molecule has 0 radical (unpaired) electrons. The van der Waals surface area contributed by atoms with Gasteiger partial charge in [-0.1, -0.05) is 26.7 Å². The molecule has 1 saturated heterocycles. The Hall–Kier alpha value is -0.590. The third kappa shape index (κ3) is 2.21. The van der Waals surface area contributed by atoms with Gasteiger partial charge in [-0.2, -0.15) is 5.26 Å². The van der Waals surface area contributed by atoms with E-state index in [9.17, 15) is 5.26 Å². The van der Waals surface area contributed by atoms with Crippen LogP contribution in [0.2, 0.25) is 0 Å². The normalized spacial score (nSPS) is 34.9. The molecule has 2 aliphatic rings. The topological polar surface area (TPSA) is 39.1 Å². The van der Waals surface area contributed by atoms with Crippen LogP contribution in [0.3, 0.4) is 0 Å². The van der Waals surface area contributed by atoms with E-state index in [1.54, 1.807) is 0 Å². The minimum absolute atomic E-state index is 0.129. The number of nitrogens with one attached hydrogen (secondary N) is 1. The first-order valence-corrected chi connectivity index (χ1v) is 6.99. The Morgan fingerprint density at radius 3 is 2.53 bits per heavy atom. The van der Waals surface area contributed by atoms with Crippen LogP contribution in [0, 0.1) is 16.7 Å². The molecule has 17 heavy (non-hydrogen) atoms. The standard InChI is InChI=1S/C14H25N3/c1-13(2)6-3-4-7-14(13,12-15)17-10-5-8-16-9-11-17/h16H,3-11H2,1-2H3. The number of nitrogens with zero attached hydrogens (tertiary/aromatic N) is 2. The molecule has 1 aliphatic heterocycles. The molecule has 1 atom stereocenters. The van der Waals surface area contributed by atoms with Crippen molar-refractivity contribution in [3.05, 3.63) is 0 Å². The summed E-state index contributed by atoms with van der Waals surface area (Å²) < 4.78 is 0. The summed E-state index contributed by atoms with van der Waals surface area (Å²) in [6.07, 6.45) is 5.89. The Morgan fingerprint density at radius 2 is 1.82 bits per heavy atom. The van der Waals surface area contributed by atoms with Gasteiger partial charge in [0.15, 0.2) is 0 Å². The van der Waals surface area contributed by atoms with E-state index in [-0.39, 0.29) is 11.0 Å². The first-order chi connectivity index (χ1) is 8.12. The van der Waals surface area contributed by atoms with Crippen molar-refractivity contribution in [3.8, 4) is 6.07 Å². The molecule has 0 bridgehead atoms. The lowest BCUT2D eigenvalue weighted by Gasteiger charge is -2.51. The van der Waals surface area contributed by atoms with Gasteiger partial charge in [-0.25, -0.2) is 0 Å². The van der Waals surface area contributed by atoms with Crippen molar-refractivity contribution >= 4 is 0 Å². The van der Waals surface area contributed by atoms with Crippen LogP contribution in [0.25, 0.3) is 0 Å². The van der Waals surface area contributed by atoms with Crippen LogP contribution < -0.4 is 5.32 Å². The maximum Gasteiger partial charge on any atom is 0.114 e. The number of nitriles is 1. The Bertz CT molecular complexity index is 297. The summed E-state index contributed by atoms with van der Waals surface area (Å²) in [6, 6.07) is 2.70. The molecule has 2 rings (SSSR count). The summed E-state index contributed by atoms with van der Waals surface area (Å²) in [5.41, 5.74) is -0.0956. The largest absolute Gasteiger partial charge is 0.315 e. The summed E-state index contributed by atoms with van der Waals surface area (Å²) in [6.45, 7) is 8.79. The van der Waals surface area contributed by atoms with Gasteiger partial charge in [0, 0.05) is 19.6 Å². The van der Waals surface area contributed by atoms with Crippen molar-refractivity contribution in [3.63, 3.8) is 0 Å². The van der Waals surface area contributed by atoms with Gasteiger partial charge in [-0.15, -0.1) is 0 Å². The molecule has 1 unspecified atom stereocenters. The summed E-state index contributed by atoms with van der Waals surface area (Å²) in [4.78, 5) is 2.46. The van der Waals surface area contributed by atoms with E-state index in [4.69, 9.17) is 0 Å². The van der Waals surface area contributed by atoms with E-state index >= 15 is 0 Å². The van der Waals surface area contributed by atoms with Crippen LogP contribution in [0.1, 0.15) is 46.0 Å². The Kier molecular flexibility index (Phi) is 3.75. The van der Waals surface area contributed by atoms with Gasteiger partial charge < -0.3 is 5.32 Å². The van der Waals surface area contributed by atoms with E-state index < -0.39 is 0 Å². The molecule has 1 N–H and O–H groups in total. The summed E-state index contributed by atoms with van der Waals surface area (Å²) in [5.74, 6) is 0. The van der Waals surface area contributed by atoms with Crippen molar-refractivity contribution in [2.45, 2.75) is 51.5 Å².